The molecule has 0 aliphatic carbocycles. The summed E-state index contributed by atoms with van der Waals surface area (Å²) in [7, 11) is 1.92. The van der Waals surface area contributed by atoms with Crippen LogP contribution in [0.4, 0.5) is 0 Å². The Morgan fingerprint density at radius 2 is 2.43 bits per heavy atom. The summed E-state index contributed by atoms with van der Waals surface area (Å²) in [6.07, 6.45) is 1.66. The zero-order valence-electron chi connectivity index (χ0n) is 8.29. The molecule has 2 aromatic rings. The summed E-state index contributed by atoms with van der Waals surface area (Å²) < 4.78 is 5.31. The van der Waals surface area contributed by atoms with Crippen LogP contribution in [0.1, 0.15) is 11.3 Å². The van der Waals surface area contributed by atoms with Gasteiger partial charge in [0.2, 0.25) is 0 Å². The predicted octanol–water partition coefficient (Wildman–Crippen LogP) is 1.70. The highest BCUT2D eigenvalue weighted by Crippen LogP contribution is 2.23. The third kappa shape index (κ3) is 1.44. The molecule has 0 unspecified atom stereocenters. The number of furan rings is 1. The lowest BCUT2D eigenvalue weighted by atomic mass is 10.1. The molecular weight excluding hydrogens is 178 g/mol. The summed E-state index contributed by atoms with van der Waals surface area (Å²) in [5.41, 5.74) is 3.12. The Balaban J connectivity index is 2.43. The number of H-pyrrole nitrogens is 1. The Morgan fingerprint density at radius 1 is 1.57 bits per heavy atom. The first kappa shape index (κ1) is 9.02. The predicted molar refractivity (Wildman–Crippen MR) is 53.8 cm³/mol. The zero-order valence-corrected chi connectivity index (χ0v) is 8.29. The molecule has 0 aliphatic heterocycles. The van der Waals surface area contributed by atoms with E-state index in [1.165, 1.54) is 0 Å². The molecule has 0 atom stereocenters. The van der Waals surface area contributed by atoms with Gasteiger partial charge in [0.05, 0.1) is 6.26 Å². The van der Waals surface area contributed by atoms with Gasteiger partial charge in [0.25, 0.3) is 0 Å². The molecule has 0 saturated heterocycles. The van der Waals surface area contributed by atoms with Crippen molar-refractivity contribution in [3.05, 3.63) is 29.7 Å². The molecule has 2 heterocycles. The average molecular weight is 191 g/mol. The Morgan fingerprint density at radius 3 is 3.07 bits per heavy atom. The lowest BCUT2D eigenvalue weighted by Crippen LogP contribution is -2.06. The van der Waals surface area contributed by atoms with Gasteiger partial charge in [0, 0.05) is 17.8 Å². The van der Waals surface area contributed by atoms with Crippen LogP contribution in [0.3, 0.4) is 0 Å². The molecule has 2 N–H and O–H groups in total. The second-order valence-electron chi connectivity index (χ2n) is 3.18. The van der Waals surface area contributed by atoms with Gasteiger partial charge in [-0.2, -0.15) is 5.10 Å². The van der Waals surface area contributed by atoms with Gasteiger partial charge in [-0.1, -0.05) is 0 Å². The Kier molecular flexibility index (Phi) is 2.37. The van der Waals surface area contributed by atoms with Crippen molar-refractivity contribution in [2.45, 2.75) is 13.5 Å². The number of nitrogens with one attached hydrogen (secondary N) is 2. The van der Waals surface area contributed by atoms with E-state index in [9.17, 15) is 0 Å². The van der Waals surface area contributed by atoms with E-state index in [0.29, 0.717) is 0 Å². The van der Waals surface area contributed by atoms with E-state index in [1.807, 2.05) is 26.1 Å². The molecule has 4 nitrogen and oxygen atoms in total. The first-order chi connectivity index (χ1) is 6.83. The van der Waals surface area contributed by atoms with E-state index < -0.39 is 0 Å². The molecule has 0 bridgehead atoms. The van der Waals surface area contributed by atoms with Crippen LogP contribution in [0.15, 0.2) is 22.8 Å². The summed E-state index contributed by atoms with van der Waals surface area (Å²) in [5, 5.41) is 10.3. The highest BCUT2D eigenvalue weighted by Gasteiger charge is 2.12. The number of hydrogen-bond donors (Lipinski definition) is 2. The van der Waals surface area contributed by atoms with Gasteiger partial charge in [0.15, 0.2) is 5.76 Å². The quantitative estimate of drug-likeness (QED) is 0.776. The maximum atomic E-state index is 5.31. The fourth-order valence-electron chi connectivity index (χ4n) is 1.46. The maximum absolute atomic E-state index is 5.31. The summed E-state index contributed by atoms with van der Waals surface area (Å²) >= 11 is 0. The smallest absolute Gasteiger partial charge is 0.154 e. The van der Waals surface area contributed by atoms with Crippen molar-refractivity contribution in [2.75, 3.05) is 7.05 Å². The van der Waals surface area contributed by atoms with Crippen LogP contribution in [0.25, 0.3) is 11.5 Å². The largest absolute Gasteiger partial charge is 0.463 e. The Labute approximate surface area is 82.3 Å². The zero-order chi connectivity index (χ0) is 9.97. The topological polar surface area (TPSA) is 53.9 Å². The molecular formula is C10H13N3O. The second kappa shape index (κ2) is 3.67. The van der Waals surface area contributed by atoms with E-state index in [4.69, 9.17) is 4.42 Å². The molecule has 2 aromatic heterocycles. The maximum Gasteiger partial charge on any atom is 0.154 e. The monoisotopic (exact) mass is 191 g/mol. The average Bonchev–Trinajstić information content (AvgIpc) is 2.77. The van der Waals surface area contributed by atoms with Gasteiger partial charge < -0.3 is 9.73 Å². The SMILES string of the molecule is CNCc1c(-c2ccco2)n[nH]c1C. The van der Waals surface area contributed by atoms with E-state index in [-0.39, 0.29) is 0 Å². The van der Waals surface area contributed by atoms with E-state index in [1.54, 1.807) is 6.26 Å². The molecule has 0 amide bonds. The van der Waals surface area contributed by atoms with Crippen LogP contribution >= 0.6 is 0 Å². The molecule has 14 heavy (non-hydrogen) atoms. The van der Waals surface area contributed by atoms with Gasteiger partial charge in [-0.05, 0) is 26.1 Å². The van der Waals surface area contributed by atoms with Gasteiger partial charge in [-0.15, -0.1) is 0 Å². The normalized spacial score (nSPS) is 10.7. The summed E-state index contributed by atoms with van der Waals surface area (Å²) in [4.78, 5) is 0. The number of aryl methyl sites for hydroxylation is 1. The summed E-state index contributed by atoms with van der Waals surface area (Å²) in [5.74, 6) is 0.805. The van der Waals surface area contributed by atoms with Crippen LogP contribution in [0.2, 0.25) is 0 Å². The van der Waals surface area contributed by atoms with Crippen LogP contribution in [-0.2, 0) is 6.54 Å². The van der Waals surface area contributed by atoms with Gasteiger partial charge in [-0.3, -0.25) is 5.10 Å². The number of aromatic amines is 1. The Bertz CT molecular complexity index is 403. The first-order valence-electron chi connectivity index (χ1n) is 4.55. The highest BCUT2D eigenvalue weighted by molar-refractivity contribution is 5.57. The van der Waals surface area contributed by atoms with Crippen molar-refractivity contribution >= 4 is 0 Å². The lowest BCUT2D eigenvalue weighted by molar-refractivity contribution is 0.578. The standard InChI is InChI=1S/C10H13N3O/c1-7-8(6-11-2)10(13-12-7)9-4-3-5-14-9/h3-5,11H,6H2,1-2H3,(H,12,13). The summed E-state index contributed by atoms with van der Waals surface area (Å²) in [6.45, 7) is 2.80. The molecule has 0 fully saturated rings. The number of aromatic nitrogens is 2. The minimum atomic E-state index is 0.790. The second-order valence-corrected chi connectivity index (χ2v) is 3.18. The minimum absolute atomic E-state index is 0.790. The van der Waals surface area contributed by atoms with Crippen molar-refractivity contribution in [1.82, 2.24) is 15.5 Å². The van der Waals surface area contributed by atoms with Crippen molar-refractivity contribution in [3.8, 4) is 11.5 Å². The lowest BCUT2D eigenvalue weighted by Gasteiger charge is -1.99. The molecule has 0 aromatic carbocycles. The fraction of sp³-hybridized carbons (Fsp3) is 0.300. The van der Waals surface area contributed by atoms with Crippen LogP contribution in [-0.4, -0.2) is 17.2 Å². The molecule has 0 radical (unpaired) electrons. The highest BCUT2D eigenvalue weighted by atomic mass is 16.3. The molecule has 0 saturated carbocycles. The molecule has 4 heteroatoms. The first-order valence-corrected chi connectivity index (χ1v) is 4.55. The van der Waals surface area contributed by atoms with E-state index >= 15 is 0 Å². The van der Waals surface area contributed by atoms with Crippen molar-refractivity contribution in [2.24, 2.45) is 0 Å². The number of nitrogens with zero attached hydrogens (tertiary/aromatic N) is 1. The van der Waals surface area contributed by atoms with Crippen molar-refractivity contribution in [3.63, 3.8) is 0 Å². The molecule has 2 rings (SSSR count). The van der Waals surface area contributed by atoms with E-state index in [0.717, 1.165) is 29.3 Å². The van der Waals surface area contributed by atoms with Gasteiger partial charge >= 0.3 is 0 Å². The van der Waals surface area contributed by atoms with Crippen molar-refractivity contribution in [1.29, 1.82) is 0 Å². The van der Waals surface area contributed by atoms with Gasteiger partial charge in [0.1, 0.15) is 5.69 Å². The summed E-state index contributed by atoms with van der Waals surface area (Å²) in [6, 6.07) is 3.78. The minimum Gasteiger partial charge on any atom is -0.463 e. The Hall–Kier alpha value is -1.55. The number of hydrogen-bond acceptors (Lipinski definition) is 3. The fourth-order valence-corrected chi connectivity index (χ4v) is 1.46. The molecule has 74 valence electrons. The number of rotatable bonds is 3. The third-order valence-electron chi connectivity index (χ3n) is 2.18. The molecule has 0 spiro atoms. The van der Waals surface area contributed by atoms with Crippen LogP contribution in [0, 0.1) is 6.92 Å². The van der Waals surface area contributed by atoms with Gasteiger partial charge in [-0.25, -0.2) is 0 Å². The third-order valence-corrected chi connectivity index (χ3v) is 2.18. The van der Waals surface area contributed by atoms with E-state index in [2.05, 4.69) is 15.5 Å². The van der Waals surface area contributed by atoms with Crippen molar-refractivity contribution < 1.29 is 4.42 Å². The molecule has 0 aliphatic rings. The van der Waals surface area contributed by atoms with Crippen LogP contribution < -0.4 is 5.32 Å². The van der Waals surface area contributed by atoms with Crippen LogP contribution in [0.5, 0.6) is 0 Å².